The third-order valence-electron chi connectivity index (χ3n) is 2.88. The van der Waals surface area contributed by atoms with Crippen molar-refractivity contribution in [2.75, 3.05) is 13.7 Å². The highest BCUT2D eigenvalue weighted by atomic mass is 16.5. The van der Waals surface area contributed by atoms with Crippen molar-refractivity contribution in [3.63, 3.8) is 0 Å². The molecule has 1 saturated carbocycles. The number of hydrogen-bond acceptors (Lipinski definition) is 4. The maximum absolute atomic E-state index is 10.8. The van der Waals surface area contributed by atoms with E-state index < -0.39 is 0 Å². The first-order chi connectivity index (χ1) is 7.85. The summed E-state index contributed by atoms with van der Waals surface area (Å²) in [6.07, 6.45) is 5.17. The Kier molecular flexibility index (Phi) is 3.66. The lowest BCUT2D eigenvalue weighted by Gasteiger charge is -2.05. The van der Waals surface area contributed by atoms with Crippen LogP contribution in [0, 0.1) is 5.92 Å². The molecule has 0 bridgehead atoms. The maximum atomic E-state index is 10.8. The van der Waals surface area contributed by atoms with E-state index in [4.69, 9.17) is 4.74 Å². The van der Waals surface area contributed by atoms with Gasteiger partial charge in [0.05, 0.1) is 5.69 Å². The molecule has 0 radical (unpaired) electrons. The number of carbonyl (C=O) groups excluding carboxylic acids is 1. The van der Waals surface area contributed by atoms with Crippen LogP contribution in [0.15, 0.2) is 0 Å². The maximum Gasteiger partial charge on any atom is 0.172 e. The summed E-state index contributed by atoms with van der Waals surface area (Å²) in [5.74, 6) is 0.735. The van der Waals surface area contributed by atoms with Crippen LogP contribution in [0.4, 0.5) is 0 Å². The Bertz CT molecular complexity index is 358. The predicted molar refractivity (Wildman–Crippen MR) is 58.3 cm³/mol. The number of ether oxygens (including phenoxy) is 1. The minimum Gasteiger partial charge on any atom is -0.385 e. The second-order valence-corrected chi connectivity index (χ2v) is 4.26. The molecule has 0 spiro atoms. The summed E-state index contributed by atoms with van der Waals surface area (Å²) in [4.78, 5) is 10.8. The molecule has 0 aliphatic heterocycles. The van der Waals surface area contributed by atoms with Crippen molar-refractivity contribution in [1.29, 1.82) is 0 Å². The molecule has 1 aromatic rings. The van der Waals surface area contributed by atoms with E-state index in [1.165, 1.54) is 12.8 Å². The zero-order chi connectivity index (χ0) is 11.4. The summed E-state index contributed by atoms with van der Waals surface area (Å²) in [6, 6.07) is 0. The second kappa shape index (κ2) is 5.21. The van der Waals surface area contributed by atoms with Crippen molar-refractivity contribution in [2.24, 2.45) is 5.92 Å². The molecule has 0 aromatic carbocycles. The molecule has 1 aromatic heterocycles. The lowest BCUT2D eigenvalue weighted by Crippen LogP contribution is -2.09. The van der Waals surface area contributed by atoms with Crippen LogP contribution in [0.3, 0.4) is 0 Å². The van der Waals surface area contributed by atoms with E-state index in [0.29, 0.717) is 12.3 Å². The average molecular weight is 223 g/mol. The average Bonchev–Trinajstić information content (AvgIpc) is 3.02. The highest BCUT2D eigenvalue weighted by Crippen LogP contribution is 2.32. The van der Waals surface area contributed by atoms with E-state index in [0.717, 1.165) is 37.3 Å². The fourth-order valence-corrected chi connectivity index (χ4v) is 1.78. The van der Waals surface area contributed by atoms with Crippen molar-refractivity contribution >= 4 is 6.29 Å². The van der Waals surface area contributed by atoms with Gasteiger partial charge in [-0.1, -0.05) is 5.21 Å². The van der Waals surface area contributed by atoms with Gasteiger partial charge in [0.15, 0.2) is 6.29 Å². The van der Waals surface area contributed by atoms with Gasteiger partial charge >= 0.3 is 0 Å². The number of nitrogens with zero attached hydrogens (tertiary/aromatic N) is 3. The summed E-state index contributed by atoms with van der Waals surface area (Å²) in [5.41, 5.74) is 1.50. The zero-order valence-electron chi connectivity index (χ0n) is 9.56. The molecule has 5 heteroatoms. The molecular formula is C11H17N3O2. The van der Waals surface area contributed by atoms with Crippen molar-refractivity contribution in [3.8, 4) is 0 Å². The van der Waals surface area contributed by atoms with Gasteiger partial charge in [-0.25, -0.2) is 4.68 Å². The Morgan fingerprint density at radius 3 is 3.00 bits per heavy atom. The highest BCUT2D eigenvalue weighted by molar-refractivity contribution is 5.73. The molecule has 1 aliphatic carbocycles. The molecule has 16 heavy (non-hydrogen) atoms. The molecule has 0 saturated heterocycles. The first-order valence-electron chi connectivity index (χ1n) is 5.71. The summed E-state index contributed by atoms with van der Waals surface area (Å²) < 4.78 is 6.85. The number of hydrogen-bond donors (Lipinski definition) is 0. The molecule has 5 nitrogen and oxygen atoms in total. The summed E-state index contributed by atoms with van der Waals surface area (Å²) in [5, 5.41) is 7.92. The third kappa shape index (κ3) is 2.66. The Morgan fingerprint density at radius 1 is 1.56 bits per heavy atom. The second-order valence-electron chi connectivity index (χ2n) is 4.26. The number of aryl methyl sites for hydroxylation is 1. The SMILES string of the molecule is COCCCn1nnc(C=O)c1CC1CC1. The van der Waals surface area contributed by atoms with Gasteiger partial charge < -0.3 is 4.74 Å². The quantitative estimate of drug-likeness (QED) is 0.512. The van der Waals surface area contributed by atoms with Gasteiger partial charge in [-0.15, -0.1) is 5.10 Å². The first-order valence-corrected chi connectivity index (χ1v) is 5.71. The van der Waals surface area contributed by atoms with Crippen molar-refractivity contribution in [2.45, 2.75) is 32.2 Å². The molecule has 88 valence electrons. The van der Waals surface area contributed by atoms with Crippen LogP contribution in [0.1, 0.15) is 35.4 Å². The van der Waals surface area contributed by atoms with E-state index >= 15 is 0 Å². The summed E-state index contributed by atoms with van der Waals surface area (Å²) in [6.45, 7) is 1.48. The molecule has 0 atom stereocenters. The van der Waals surface area contributed by atoms with E-state index in [1.54, 1.807) is 7.11 Å². The van der Waals surface area contributed by atoms with Crippen molar-refractivity contribution < 1.29 is 9.53 Å². The highest BCUT2D eigenvalue weighted by Gasteiger charge is 2.25. The Labute approximate surface area is 94.8 Å². The Hall–Kier alpha value is -1.23. The Morgan fingerprint density at radius 2 is 2.38 bits per heavy atom. The van der Waals surface area contributed by atoms with Crippen LogP contribution in [0.5, 0.6) is 0 Å². The lowest BCUT2D eigenvalue weighted by molar-refractivity contribution is 0.111. The summed E-state index contributed by atoms with van der Waals surface area (Å²) in [7, 11) is 1.68. The molecule has 1 heterocycles. The van der Waals surface area contributed by atoms with Crippen molar-refractivity contribution in [1.82, 2.24) is 15.0 Å². The molecule has 1 aliphatic rings. The predicted octanol–water partition coefficient (Wildman–Crippen LogP) is 1.08. The van der Waals surface area contributed by atoms with Gasteiger partial charge in [-0.3, -0.25) is 4.79 Å². The molecule has 0 N–H and O–H groups in total. The van der Waals surface area contributed by atoms with Crippen LogP contribution in [-0.4, -0.2) is 35.0 Å². The van der Waals surface area contributed by atoms with Crippen LogP contribution < -0.4 is 0 Å². The minimum atomic E-state index is 0.504. The molecule has 0 unspecified atom stereocenters. The topological polar surface area (TPSA) is 57.0 Å². The van der Waals surface area contributed by atoms with Gasteiger partial charge in [0, 0.05) is 20.3 Å². The van der Waals surface area contributed by atoms with Gasteiger partial charge in [0.1, 0.15) is 5.69 Å². The number of methoxy groups -OCH3 is 1. The summed E-state index contributed by atoms with van der Waals surface area (Å²) >= 11 is 0. The fourth-order valence-electron chi connectivity index (χ4n) is 1.78. The largest absolute Gasteiger partial charge is 0.385 e. The lowest BCUT2D eigenvalue weighted by atomic mass is 10.2. The smallest absolute Gasteiger partial charge is 0.172 e. The number of rotatable bonds is 7. The number of aldehydes is 1. The van der Waals surface area contributed by atoms with Crippen LogP contribution in [0.2, 0.25) is 0 Å². The van der Waals surface area contributed by atoms with E-state index in [2.05, 4.69) is 10.3 Å². The van der Waals surface area contributed by atoms with Crippen LogP contribution in [0.25, 0.3) is 0 Å². The standard InChI is InChI=1S/C11H17N3O2/c1-16-6-2-5-14-11(7-9-3-4-9)10(8-15)12-13-14/h8-9H,2-7H2,1H3. The van der Waals surface area contributed by atoms with Crippen LogP contribution >= 0.6 is 0 Å². The molecule has 0 amide bonds. The number of aromatic nitrogens is 3. The molecule has 1 fully saturated rings. The van der Waals surface area contributed by atoms with Crippen LogP contribution in [-0.2, 0) is 17.7 Å². The zero-order valence-corrected chi connectivity index (χ0v) is 9.56. The van der Waals surface area contributed by atoms with Crippen molar-refractivity contribution in [3.05, 3.63) is 11.4 Å². The van der Waals surface area contributed by atoms with Gasteiger partial charge in [-0.05, 0) is 31.6 Å². The normalized spacial score (nSPS) is 15.3. The van der Waals surface area contributed by atoms with E-state index in [1.807, 2.05) is 4.68 Å². The first kappa shape index (κ1) is 11.3. The number of carbonyl (C=O) groups is 1. The van der Waals surface area contributed by atoms with E-state index in [9.17, 15) is 4.79 Å². The fraction of sp³-hybridized carbons (Fsp3) is 0.727. The van der Waals surface area contributed by atoms with E-state index in [-0.39, 0.29) is 0 Å². The minimum absolute atomic E-state index is 0.504. The van der Waals surface area contributed by atoms with Gasteiger partial charge in [0.2, 0.25) is 0 Å². The molecular weight excluding hydrogens is 206 g/mol. The van der Waals surface area contributed by atoms with Gasteiger partial charge in [-0.2, -0.15) is 0 Å². The monoisotopic (exact) mass is 223 g/mol. The third-order valence-corrected chi connectivity index (χ3v) is 2.88. The molecule has 2 rings (SSSR count). The van der Waals surface area contributed by atoms with Gasteiger partial charge in [0.25, 0.3) is 0 Å². The Balaban J connectivity index is 2.03.